The number of nitrogens with one attached hydrogen (secondary N) is 1. The molecule has 1 N–H and O–H groups in total. The summed E-state index contributed by atoms with van der Waals surface area (Å²) >= 11 is 0. The van der Waals surface area contributed by atoms with Gasteiger partial charge in [0.2, 0.25) is 0 Å². The van der Waals surface area contributed by atoms with Crippen molar-refractivity contribution < 1.29 is 0 Å². The summed E-state index contributed by atoms with van der Waals surface area (Å²) in [5.41, 5.74) is 0.899. The maximum absolute atomic E-state index is 5.00. The second kappa shape index (κ2) is 8.10. The van der Waals surface area contributed by atoms with E-state index in [1.54, 1.807) is 0 Å². The Morgan fingerprint density at radius 3 is 1.38 bits per heavy atom. The molecule has 0 saturated heterocycles. The average Bonchev–Trinajstić information content (AvgIpc) is 2.20. The minimum Gasteiger partial charge on any atom is -0.356 e. The van der Waals surface area contributed by atoms with Crippen LogP contribution in [0.2, 0.25) is 0 Å². The van der Waals surface area contributed by atoms with Gasteiger partial charge in [0.05, 0.1) is 0 Å². The van der Waals surface area contributed by atoms with Gasteiger partial charge in [0, 0.05) is 26.2 Å². The van der Waals surface area contributed by atoms with Crippen LogP contribution in [-0.2, 0) is 0 Å². The Morgan fingerprint density at radius 1 is 0.667 bits per heavy atom. The molecule has 144 valence electrons. The van der Waals surface area contributed by atoms with E-state index in [0.29, 0.717) is 0 Å². The van der Waals surface area contributed by atoms with Gasteiger partial charge in [0.15, 0.2) is 5.96 Å². The molecular formula is C21H45N3. The Hall–Kier alpha value is -0.730. The fraction of sp³-hybridized carbons (Fsp3) is 0.952. The quantitative estimate of drug-likeness (QED) is 0.547. The molecule has 0 saturated carbocycles. The van der Waals surface area contributed by atoms with E-state index in [1.807, 2.05) is 0 Å². The molecule has 0 unspecified atom stereocenters. The predicted octanol–water partition coefficient (Wildman–Crippen LogP) is 5.42. The van der Waals surface area contributed by atoms with Crippen LogP contribution in [0.15, 0.2) is 4.99 Å². The van der Waals surface area contributed by atoms with Crippen molar-refractivity contribution in [2.75, 3.05) is 26.2 Å². The molecule has 0 aliphatic rings. The van der Waals surface area contributed by atoms with Gasteiger partial charge in [-0.2, -0.15) is 0 Å². The Balaban J connectivity index is 5.51. The van der Waals surface area contributed by atoms with Crippen molar-refractivity contribution in [1.82, 2.24) is 10.2 Å². The maximum atomic E-state index is 5.00. The molecule has 0 amide bonds. The number of nitrogens with zero attached hydrogens (tertiary/aromatic N) is 2. The zero-order valence-corrected chi connectivity index (χ0v) is 18.7. The van der Waals surface area contributed by atoms with Gasteiger partial charge >= 0.3 is 0 Å². The van der Waals surface area contributed by atoms with Crippen LogP contribution >= 0.6 is 0 Å². The lowest BCUT2D eigenvalue weighted by molar-refractivity contribution is 0.206. The van der Waals surface area contributed by atoms with E-state index >= 15 is 0 Å². The standard InChI is InChI=1S/C21H45N3/c1-18(2,3)13-22-17(23-14-19(4,5)6)24(15-20(7,8)9)16-21(10,11)12/h13-16H2,1-12H3,(H,22,23). The molecule has 0 aliphatic carbocycles. The molecule has 0 fully saturated rings. The lowest BCUT2D eigenvalue weighted by Gasteiger charge is -2.38. The summed E-state index contributed by atoms with van der Waals surface area (Å²) in [5, 5.41) is 3.65. The molecule has 0 aromatic heterocycles. The van der Waals surface area contributed by atoms with Crippen LogP contribution in [0.3, 0.4) is 0 Å². The first kappa shape index (κ1) is 23.3. The average molecular weight is 340 g/mol. The fourth-order valence-corrected chi connectivity index (χ4v) is 2.27. The lowest BCUT2D eigenvalue weighted by atomic mass is 9.92. The summed E-state index contributed by atoms with van der Waals surface area (Å²) in [6.07, 6.45) is 0. The Morgan fingerprint density at radius 2 is 1.08 bits per heavy atom. The number of hydrogen-bond donors (Lipinski definition) is 1. The summed E-state index contributed by atoms with van der Waals surface area (Å²) in [5.74, 6) is 1.06. The van der Waals surface area contributed by atoms with Crippen molar-refractivity contribution >= 4 is 5.96 Å². The van der Waals surface area contributed by atoms with Gasteiger partial charge in [-0.3, -0.25) is 4.99 Å². The molecule has 0 spiro atoms. The van der Waals surface area contributed by atoms with Crippen LogP contribution < -0.4 is 5.32 Å². The molecular weight excluding hydrogens is 294 g/mol. The van der Waals surface area contributed by atoms with Crippen molar-refractivity contribution in [1.29, 1.82) is 0 Å². The Labute approximate surface area is 152 Å². The van der Waals surface area contributed by atoms with Crippen LogP contribution in [0.4, 0.5) is 0 Å². The van der Waals surface area contributed by atoms with E-state index in [-0.39, 0.29) is 21.7 Å². The van der Waals surface area contributed by atoms with Crippen molar-refractivity contribution in [2.45, 2.75) is 83.1 Å². The summed E-state index contributed by atoms with van der Waals surface area (Å²) in [7, 11) is 0. The third-order valence-electron chi connectivity index (χ3n) is 3.11. The third-order valence-corrected chi connectivity index (χ3v) is 3.11. The molecule has 0 bridgehead atoms. The van der Waals surface area contributed by atoms with Crippen LogP contribution in [-0.4, -0.2) is 37.0 Å². The monoisotopic (exact) mass is 339 g/mol. The lowest BCUT2D eigenvalue weighted by Crippen LogP contribution is -2.50. The molecule has 0 aromatic rings. The van der Waals surface area contributed by atoms with Gasteiger partial charge in [0.25, 0.3) is 0 Å². The van der Waals surface area contributed by atoms with Crippen molar-refractivity contribution in [3.8, 4) is 0 Å². The Bertz CT molecular complexity index is 379. The topological polar surface area (TPSA) is 27.6 Å². The smallest absolute Gasteiger partial charge is 0.193 e. The number of aliphatic imine (C=N–C) groups is 1. The number of rotatable bonds is 4. The second-order valence-electron chi connectivity index (χ2n) is 12.1. The first-order valence-corrected chi connectivity index (χ1v) is 9.41. The summed E-state index contributed by atoms with van der Waals surface area (Å²) in [4.78, 5) is 7.45. The molecule has 0 rings (SSSR count). The fourth-order valence-electron chi connectivity index (χ4n) is 2.27. The highest BCUT2D eigenvalue weighted by atomic mass is 15.3. The van der Waals surface area contributed by atoms with Gasteiger partial charge < -0.3 is 10.2 Å². The van der Waals surface area contributed by atoms with Gasteiger partial charge in [-0.1, -0.05) is 83.1 Å². The first-order chi connectivity index (χ1) is 10.4. The Kier molecular flexibility index (Phi) is 7.85. The van der Waals surface area contributed by atoms with Crippen molar-refractivity contribution in [2.24, 2.45) is 26.7 Å². The maximum Gasteiger partial charge on any atom is 0.193 e. The highest BCUT2D eigenvalue weighted by Gasteiger charge is 2.25. The van der Waals surface area contributed by atoms with Gasteiger partial charge in [-0.15, -0.1) is 0 Å². The number of guanidine groups is 1. The zero-order valence-electron chi connectivity index (χ0n) is 18.7. The van der Waals surface area contributed by atoms with Gasteiger partial charge in [-0.25, -0.2) is 0 Å². The predicted molar refractivity (Wildman–Crippen MR) is 110 cm³/mol. The van der Waals surface area contributed by atoms with Crippen LogP contribution in [0.5, 0.6) is 0 Å². The molecule has 0 heterocycles. The van der Waals surface area contributed by atoms with Crippen LogP contribution in [0.25, 0.3) is 0 Å². The van der Waals surface area contributed by atoms with Crippen LogP contribution in [0.1, 0.15) is 83.1 Å². The highest BCUT2D eigenvalue weighted by Crippen LogP contribution is 2.22. The van der Waals surface area contributed by atoms with E-state index in [2.05, 4.69) is 93.3 Å². The van der Waals surface area contributed by atoms with Crippen molar-refractivity contribution in [3.63, 3.8) is 0 Å². The minimum absolute atomic E-state index is 0.198. The normalized spacial score (nSPS) is 14.8. The molecule has 3 heteroatoms. The van der Waals surface area contributed by atoms with Gasteiger partial charge in [-0.05, 0) is 21.7 Å². The molecule has 24 heavy (non-hydrogen) atoms. The van der Waals surface area contributed by atoms with E-state index in [1.165, 1.54) is 0 Å². The van der Waals surface area contributed by atoms with E-state index < -0.39 is 0 Å². The second-order valence-corrected chi connectivity index (χ2v) is 12.1. The molecule has 0 atom stereocenters. The highest BCUT2D eigenvalue weighted by molar-refractivity contribution is 5.80. The van der Waals surface area contributed by atoms with E-state index in [4.69, 9.17) is 4.99 Å². The molecule has 0 aromatic carbocycles. The van der Waals surface area contributed by atoms with E-state index in [0.717, 1.165) is 32.1 Å². The molecule has 0 aliphatic heterocycles. The third kappa shape index (κ3) is 13.7. The minimum atomic E-state index is 0.198. The van der Waals surface area contributed by atoms with Gasteiger partial charge in [0.1, 0.15) is 0 Å². The summed E-state index contributed by atoms with van der Waals surface area (Å²) < 4.78 is 0. The number of hydrogen-bond acceptors (Lipinski definition) is 1. The first-order valence-electron chi connectivity index (χ1n) is 9.41. The largest absolute Gasteiger partial charge is 0.356 e. The van der Waals surface area contributed by atoms with E-state index in [9.17, 15) is 0 Å². The molecule has 3 nitrogen and oxygen atoms in total. The van der Waals surface area contributed by atoms with Crippen LogP contribution in [0, 0.1) is 21.7 Å². The summed E-state index contributed by atoms with van der Waals surface area (Å²) in [6, 6.07) is 0. The van der Waals surface area contributed by atoms with Crippen molar-refractivity contribution in [3.05, 3.63) is 0 Å². The zero-order chi connectivity index (χ0) is 19.4. The summed E-state index contributed by atoms with van der Waals surface area (Å²) in [6.45, 7) is 31.1. The molecule has 0 radical (unpaired) electrons. The SMILES string of the molecule is CC(C)(C)CN=C(NCC(C)(C)C)N(CC(C)(C)C)CC(C)(C)C.